The van der Waals surface area contributed by atoms with Gasteiger partial charge in [-0.2, -0.15) is 0 Å². The van der Waals surface area contributed by atoms with Gasteiger partial charge in [-0.25, -0.2) is 9.36 Å². The number of rotatable bonds is 4. The highest BCUT2D eigenvalue weighted by Crippen LogP contribution is 2.26. The summed E-state index contributed by atoms with van der Waals surface area (Å²) in [5.41, 5.74) is 0.965. The number of aryl methyl sites for hydroxylation is 3. The largest absolute Gasteiger partial charge is 0.493 e. The molecule has 0 bridgehead atoms. The summed E-state index contributed by atoms with van der Waals surface area (Å²) in [7, 11) is 0. The number of non-ortho nitro benzene ring substituents is 1. The van der Waals surface area contributed by atoms with Gasteiger partial charge in [0.15, 0.2) is 0 Å². The molecule has 9 nitrogen and oxygen atoms in total. The molecule has 0 atom stereocenters. The molecule has 1 heterocycles. The Kier molecular flexibility index (Phi) is 5.70. The number of nitro groups is 1. The lowest BCUT2D eigenvalue weighted by Gasteiger charge is -2.14. The Morgan fingerprint density at radius 2 is 1.83 bits per heavy atom. The van der Waals surface area contributed by atoms with Crippen molar-refractivity contribution < 1.29 is 10.0 Å². The van der Waals surface area contributed by atoms with Crippen LogP contribution < -0.4 is 11.2 Å². The van der Waals surface area contributed by atoms with Gasteiger partial charge < -0.3 is 5.11 Å². The van der Waals surface area contributed by atoms with Crippen LogP contribution in [0.4, 0.5) is 11.4 Å². The molecule has 3 aromatic rings. The van der Waals surface area contributed by atoms with Gasteiger partial charge in [0, 0.05) is 22.8 Å². The number of benzene rings is 2. The van der Waals surface area contributed by atoms with Crippen molar-refractivity contribution in [1.82, 2.24) is 9.55 Å². The summed E-state index contributed by atoms with van der Waals surface area (Å²) in [6.07, 6.45) is 1.12. The fraction of sp³-hybridized carbons (Fsp3) is 0.150. The molecule has 0 unspecified atom stereocenters. The number of hydrogen-bond acceptors (Lipinski definition) is 6. The first-order valence-corrected chi connectivity index (χ1v) is 9.54. The average Bonchev–Trinajstić information content (AvgIpc) is 2.66. The SMILES string of the molecule is Cc1cc(-n2c(O)c(C=Nc3ccc([N+](=O)[O-])cc3C)c(=O)[nH]c2=O)c(C)cc1Br. The van der Waals surface area contributed by atoms with E-state index in [1.54, 1.807) is 26.0 Å². The van der Waals surface area contributed by atoms with Gasteiger partial charge in [0.1, 0.15) is 5.56 Å². The molecule has 10 heteroatoms. The number of aromatic nitrogens is 2. The molecule has 0 saturated carbocycles. The number of nitrogens with zero attached hydrogens (tertiary/aromatic N) is 3. The second-order valence-electron chi connectivity index (χ2n) is 6.71. The number of nitro benzene ring substituents is 1. The van der Waals surface area contributed by atoms with Gasteiger partial charge in [0.25, 0.3) is 11.2 Å². The third kappa shape index (κ3) is 3.94. The first kappa shape index (κ1) is 21.2. The summed E-state index contributed by atoms with van der Waals surface area (Å²) in [5.74, 6) is -0.558. The molecule has 2 aromatic carbocycles. The van der Waals surface area contributed by atoms with Crippen molar-refractivity contribution in [3.8, 4) is 11.6 Å². The molecule has 154 valence electrons. The van der Waals surface area contributed by atoms with Crippen LogP contribution >= 0.6 is 15.9 Å². The molecule has 0 radical (unpaired) electrons. The molecule has 30 heavy (non-hydrogen) atoms. The summed E-state index contributed by atoms with van der Waals surface area (Å²) in [5, 5.41) is 21.6. The van der Waals surface area contributed by atoms with Crippen LogP contribution in [0.2, 0.25) is 0 Å². The number of halogens is 1. The number of nitrogens with one attached hydrogen (secondary N) is 1. The Morgan fingerprint density at radius 3 is 2.47 bits per heavy atom. The topological polar surface area (TPSA) is 131 Å². The van der Waals surface area contributed by atoms with Crippen LogP contribution in [0.15, 0.2) is 49.4 Å². The lowest BCUT2D eigenvalue weighted by Crippen LogP contribution is -2.31. The van der Waals surface area contributed by atoms with Gasteiger partial charge in [0.05, 0.1) is 16.3 Å². The van der Waals surface area contributed by atoms with Crippen molar-refractivity contribution in [2.45, 2.75) is 20.8 Å². The second kappa shape index (κ2) is 8.07. The van der Waals surface area contributed by atoms with Gasteiger partial charge in [-0.1, -0.05) is 15.9 Å². The van der Waals surface area contributed by atoms with E-state index in [-0.39, 0.29) is 11.3 Å². The van der Waals surface area contributed by atoms with Crippen LogP contribution in [0.3, 0.4) is 0 Å². The maximum Gasteiger partial charge on any atom is 0.335 e. The Bertz CT molecular complexity index is 1320. The Morgan fingerprint density at radius 1 is 1.13 bits per heavy atom. The predicted molar refractivity (Wildman–Crippen MR) is 117 cm³/mol. The standard InChI is InChI=1S/C20H17BrN4O5/c1-10-8-17(12(3)7-15(10)21)24-19(27)14(18(26)23-20(24)28)9-22-16-5-4-13(25(29)30)6-11(16)2/h4-9,27H,1-3H3,(H,23,26,28). The molecule has 1 aromatic heterocycles. The van der Waals surface area contributed by atoms with E-state index in [1.165, 1.54) is 18.2 Å². The van der Waals surface area contributed by atoms with Crippen LogP contribution in [0.5, 0.6) is 5.88 Å². The van der Waals surface area contributed by atoms with Crippen molar-refractivity contribution in [1.29, 1.82) is 0 Å². The van der Waals surface area contributed by atoms with E-state index >= 15 is 0 Å². The molecule has 0 aliphatic carbocycles. The second-order valence-corrected chi connectivity index (χ2v) is 7.56. The lowest BCUT2D eigenvalue weighted by atomic mass is 10.1. The molecule has 0 spiro atoms. The average molecular weight is 473 g/mol. The molecule has 3 rings (SSSR count). The molecule has 0 fully saturated rings. The van der Waals surface area contributed by atoms with Crippen LogP contribution in [0.1, 0.15) is 22.3 Å². The molecular weight excluding hydrogens is 456 g/mol. The molecular formula is C20H17BrN4O5. The Labute approximate surface area is 178 Å². The fourth-order valence-electron chi connectivity index (χ4n) is 2.92. The molecule has 0 amide bonds. The minimum atomic E-state index is -0.802. The van der Waals surface area contributed by atoms with E-state index in [0.717, 1.165) is 20.8 Å². The number of H-pyrrole nitrogens is 1. The van der Waals surface area contributed by atoms with Crippen molar-refractivity contribution in [2.75, 3.05) is 0 Å². The number of aromatic hydroxyl groups is 1. The van der Waals surface area contributed by atoms with Crippen LogP contribution in [-0.4, -0.2) is 25.8 Å². The third-order valence-electron chi connectivity index (χ3n) is 4.56. The summed E-state index contributed by atoms with van der Waals surface area (Å²) in [4.78, 5) is 41.4. The molecule has 0 aliphatic heterocycles. The van der Waals surface area contributed by atoms with Crippen molar-refractivity contribution in [2.24, 2.45) is 4.99 Å². The van der Waals surface area contributed by atoms with Gasteiger partial charge in [-0.3, -0.25) is 24.9 Å². The summed E-state index contributed by atoms with van der Waals surface area (Å²) in [6, 6.07) is 7.59. The van der Waals surface area contributed by atoms with Gasteiger partial charge in [0.2, 0.25) is 5.88 Å². The van der Waals surface area contributed by atoms with Crippen molar-refractivity contribution in [3.63, 3.8) is 0 Å². The highest BCUT2D eigenvalue weighted by atomic mass is 79.9. The third-order valence-corrected chi connectivity index (χ3v) is 5.42. The van der Waals surface area contributed by atoms with E-state index in [2.05, 4.69) is 25.9 Å². The van der Waals surface area contributed by atoms with E-state index in [4.69, 9.17) is 0 Å². The summed E-state index contributed by atoms with van der Waals surface area (Å²) < 4.78 is 1.84. The molecule has 0 aliphatic rings. The molecule has 2 N–H and O–H groups in total. The van der Waals surface area contributed by atoms with Crippen LogP contribution in [-0.2, 0) is 0 Å². The maximum absolute atomic E-state index is 12.4. The van der Waals surface area contributed by atoms with E-state index in [9.17, 15) is 24.8 Å². The zero-order valence-corrected chi connectivity index (χ0v) is 17.8. The monoisotopic (exact) mass is 472 g/mol. The minimum absolute atomic E-state index is 0.0817. The number of aliphatic imine (C=N–C) groups is 1. The van der Waals surface area contributed by atoms with Crippen molar-refractivity contribution in [3.05, 3.63) is 88.0 Å². The van der Waals surface area contributed by atoms with Gasteiger partial charge >= 0.3 is 5.69 Å². The van der Waals surface area contributed by atoms with Crippen LogP contribution in [0.25, 0.3) is 5.69 Å². The van der Waals surface area contributed by atoms with E-state index < -0.39 is 22.1 Å². The zero-order valence-electron chi connectivity index (χ0n) is 16.3. The van der Waals surface area contributed by atoms with Crippen LogP contribution in [0, 0.1) is 30.9 Å². The molecule has 0 saturated heterocycles. The first-order valence-electron chi connectivity index (χ1n) is 8.74. The summed E-state index contributed by atoms with van der Waals surface area (Å²) >= 11 is 3.42. The van der Waals surface area contributed by atoms with E-state index in [0.29, 0.717) is 22.5 Å². The Hall–Kier alpha value is -3.53. The van der Waals surface area contributed by atoms with Crippen molar-refractivity contribution >= 4 is 33.5 Å². The number of aromatic amines is 1. The highest BCUT2D eigenvalue weighted by molar-refractivity contribution is 9.10. The summed E-state index contributed by atoms with van der Waals surface area (Å²) in [6.45, 7) is 5.24. The predicted octanol–water partition coefficient (Wildman–Crippen LogP) is 3.58. The van der Waals surface area contributed by atoms with Gasteiger partial charge in [-0.05, 0) is 55.7 Å². The maximum atomic E-state index is 12.4. The highest BCUT2D eigenvalue weighted by Gasteiger charge is 2.17. The smallest absolute Gasteiger partial charge is 0.335 e. The number of hydrogen-bond donors (Lipinski definition) is 2. The Balaban J connectivity index is 2.14. The lowest BCUT2D eigenvalue weighted by molar-refractivity contribution is -0.384. The van der Waals surface area contributed by atoms with E-state index in [1.807, 2.05) is 6.92 Å². The minimum Gasteiger partial charge on any atom is -0.493 e. The first-order chi connectivity index (χ1) is 14.1. The van der Waals surface area contributed by atoms with Gasteiger partial charge in [-0.15, -0.1) is 0 Å². The normalized spacial score (nSPS) is 11.2. The quantitative estimate of drug-likeness (QED) is 0.340. The fourth-order valence-corrected chi connectivity index (χ4v) is 3.37. The zero-order chi connectivity index (χ0) is 22.2.